The number of amides is 1. The molecule has 3 aromatic rings. The molecule has 1 aromatic carbocycles. The lowest BCUT2D eigenvalue weighted by Gasteiger charge is -2.27. The van der Waals surface area contributed by atoms with Gasteiger partial charge in [-0.25, -0.2) is 28.4 Å². The van der Waals surface area contributed by atoms with E-state index in [1.54, 1.807) is 48.5 Å². The summed E-state index contributed by atoms with van der Waals surface area (Å²) in [7, 11) is 0. The Bertz CT molecular complexity index is 1540. The summed E-state index contributed by atoms with van der Waals surface area (Å²) in [6, 6.07) is 6.13. The highest BCUT2D eigenvalue weighted by atomic mass is 19.1. The van der Waals surface area contributed by atoms with E-state index in [4.69, 9.17) is 14.8 Å². The van der Waals surface area contributed by atoms with Gasteiger partial charge in [0.1, 0.15) is 23.1 Å². The Morgan fingerprint density at radius 3 is 2.51 bits per heavy atom. The molecule has 1 amide bonds. The fraction of sp³-hybridized carbons (Fsp3) is 0.433. The summed E-state index contributed by atoms with van der Waals surface area (Å²) in [6.45, 7) is 12.6. The van der Waals surface area contributed by atoms with Crippen LogP contribution in [0.15, 0.2) is 35.3 Å². The Labute approximate surface area is 239 Å². The van der Waals surface area contributed by atoms with Crippen molar-refractivity contribution in [2.45, 2.75) is 73.0 Å². The molecule has 10 nitrogen and oxygen atoms in total. The lowest BCUT2D eigenvalue weighted by atomic mass is 10.0. The molecule has 2 aromatic heterocycles. The molecular weight excluding hydrogens is 523 g/mol. The van der Waals surface area contributed by atoms with Crippen LogP contribution in [-0.4, -0.2) is 49.9 Å². The maximum atomic E-state index is 13.8. The van der Waals surface area contributed by atoms with Gasteiger partial charge in [0.05, 0.1) is 22.8 Å². The molecule has 0 saturated heterocycles. The monoisotopic (exact) mass is 560 g/mol. The number of benzene rings is 1. The zero-order valence-corrected chi connectivity index (χ0v) is 24.5. The van der Waals surface area contributed by atoms with Gasteiger partial charge in [0.15, 0.2) is 5.82 Å². The van der Waals surface area contributed by atoms with Gasteiger partial charge in [-0.1, -0.05) is 0 Å². The van der Waals surface area contributed by atoms with Crippen molar-refractivity contribution in [1.29, 1.82) is 5.41 Å². The van der Waals surface area contributed by atoms with Crippen LogP contribution in [0.5, 0.6) is 0 Å². The molecule has 216 valence electrons. The minimum Gasteiger partial charge on any atom is -0.443 e. The number of carbonyl (C=O) groups excluding carboxylic acids is 1. The highest BCUT2D eigenvalue weighted by Crippen LogP contribution is 2.38. The van der Waals surface area contributed by atoms with Crippen molar-refractivity contribution in [3.63, 3.8) is 0 Å². The molecule has 5 rings (SSSR count). The van der Waals surface area contributed by atoms with Crippen LogP contribution in [-0.2, 0) is 17.7 Å². The van der Waals surface area contributed by atoms with E-state index < -0.39 is 11.7 Å². The minimum absolute atomic E-state index is 0.130. The Kier molecular flexibility index (Phi) is 7.54. The first-order chi connectivity index (χ1) is 19.5. The van der Waals surface area contributed by atoms with Crippen LogP contribution in [0.4, 0.5) is 20.7 Å². The van der Waals surface area contributed by atoms with E-state index in [1.807, 2.05) is 20.8 Å². The molecule has 3 heterocycles. The van der Waals surface area contributed by atoms with Crippen molar-refractivity contribution in [3.8, 4) is 11.3 Å². The van der Waals surface area contributed by atoms with Gasteiger partial charge in [-0.05, 0) is 84.6 Å². The number of halogens is 1. The largest absolute Gasteiger partial charge is 0.443 e. The van der Waals surface area contributed by atoms with Crippen LogP contribution in [0.25, 0.3) is 17.1 Å². The van der Waals surface area contributed by atoms with Crippen molar-refractivity contribution in [3.05, 3.63) is 53.1 Å². The molecule has 0 bridgehead atoms. The Morgan fingerprint density at radius 2 is 1.88 bits per heavy atom. The molecule has 0 radical (unpaired) electrons. The number of hydrogen-bond acceptors (Lipinski definition) is 7. The maximum Gasteiger partial charge on any atom is 0.421 e. The standard InChI is InChI=1S/C30H37FN8O2/c1-7-33-26-18(2)35-39(19(26)3)25-16-24(32)38(29(40)41-30(4,5)6)28-23(14-15-34-25)27(21-10-12-22(31)13-11-21)36-37(28)17-20-8-9-20/h10-13,15-16,20,32-33H,7-9,14,17H2,1-6H3/b25-16+,32-24?,34-15-. The number of aromatic nitrogens is 4. The molecule has 0 spiro atoms. The second-order valence-corrected chi connectivity index (χ2v) is 11.5. The molecule has 1 aliphatic heterocycles. The van der Waals surface area contributed by atoms with Gasteiger partial charge in [0, 0.05) is 42.9 Å². The SMILES string of the molecule is CCNc1c(C)nn(C2=C/C(=N)N(C(=O)OC(C)(C)C)c3c(c(-c4ccc(F)cc4)nn3CC3CC3)C/C=N\2)c1C. The number of ether oxygens (including phenoxy) is 1. The van der Waals surface area contributed by atoms with E-state index in [2.05, 4.69) is 10.4 Å². The molecule has 1 aliphatic carbocycles. The van der Waals surface area contributed by atoms with E-state index >= 15 is 0 Å². The van der Waals surface area contributed by atoms with Gasteiger partial charge in [0.2, 0.25) is 0 Å². The summed E-state index contributed by atoms with van der Waals surface area (Å²) in [5.41, 5.74) is 3.77. The summed E-state index contributed by atoms with van der Waals surface area (Å²) in [5.74, 6) is 0.806. The topological polar surface area (TPSA) is 113 Å². The highest BCUT2D eigenvalue weighted by molar-refractivity contribution is 6.20. The summed E-state index contributed by atoms with van der Waals surface area (Å²) in [6.07, 6.45) is 5.04. The van der Waals surface area contributed by atoms with E-state index in [1.165, 1.54) is 23.1 Å². The van der Waals surface area contributed by atoms with Gasteiger partial charge >= 0.3 is 6.09 Å². The summed E-state index contributed by atoms with van der Waals surface area (Å²) < 4.78 is 23.1. The normalized spacial score (nSPS) is 17.7. The van der Waals surface area contributed by atoms with Gasteiger partial charge in [0.25, 0.3) is 0 Å². The average Bonchev–Trinajstić information content (AvgIpc) is 3.57. The Morgan fingerprint density at radius 1 is 1.17 bits per heavy atom. The molecule has 2 N–H and O–H groups in total. The third-order valence-electron chi connectivity index (χ3n) is 6.94. The number of anilines is 2. The van der Waals surface area contributed by atoms with Crippen LogP contribution in [0.2, 0.25) is 0 Å². The van der Waals surface area contributed by atoms with E-state index in [0.29, 0.717) is 47.3 Å². The maximum absolute atomic E-state index is 13.8. The van der Waals surface area contributed by atoms with Gasteiger partial charge in [-0.3, -0.25) is 5.41 Å². The number of nitrogens with zero attached hydrogens (tertiary/aromatic N) is 6. The van der Waals surface area contributed by atoms with E-state index in [9.17, 15) is 14.6 Å². The first-order valence-corrected chi connectivity index (χ1v) is 14.0. The molecule has 41 heavy (non-hydrogen) atoms. The minimum atomic E-state index is -0.795. The number of aliphatic imine (C=N–C) groups is 1. The second-order valence-electron chi connectivity index (χ2n) is 11.5. The number of fused-ring (bicyclic) bond motifs is 1. The molecule has 0 atom stereocenters. The lowest BCUT2D eigenvalue weighted by molar-refractivity contribution is 0.0601. The molecule has 2 aliphatic rings. The van der Waals surface area contributed by atoms with Crippen LogP contribution in [0.1, 0.15) is 57.5 Å². The van der Waals surface area contributed by atoms with E-state index in [-0.39, 0.29) is 11.7 Å². The fourth-order valence-electron chi connectivity index (χ4n) is 4.92. The molecular formula is C30H37FN8O2. The van der Waals surface area contributed by atoms with Crippen LogP contribution in [0, 0.1) is 31.0 Å². The van der Waals surface area contributed by atoms with Crippen molar-refractivity contribution in [2.75, 3.05) is 16.8 Å². The number of rotatable bonds is 6. The lowest BCUT2D eigenvalue weighted by Crippen LogP contribution is -2.42. The number of hydrogen-bond donors (Lipinski definition) is 2. The number of carbonyl (C=O) groups is 1. The van der Waals surface area contributed by atoms with Gasteiger partial charge in [-0.2, -0.15) is 10.2 Å². The summed E-state index contributed by atoms with van der Waals surface area (Å²) >= 11 is 0. The second kappa shape index (κ2) is 10.9. The first kappa shape index (κ1) is 28.3. The summed E-state index contributed by atoms with van der Waals surface area (Å²) in [4.78, 5) is 19.8. The van der Waals surface area contributed by atoms with Crippen molar-refractivity contribution >= 4 is 35.5 Å². The highest BCUT2D eigenvalue weighted by Gasteiger charge is 2.35. The quantitative estimate of drug-likeness (QED) is 0.373. The Balaban J connectivity index is 1.70. The van der Waals surface area contributed by atoms with E-state index in [0.717, 1.165) is 36.5 Å². The Hall–Kier alpha value is -4.28. The first-order valence-electron chi connectivity index (χ1n) is 14.0. The molecule has 1 saturated carbocycles. The molecule has 0 unspecified atom stereocenters. The van der Waals surface area contributed by atoms with Gasteiger partial charge in [-0.15, -0.1) is 0 Å². The molecule has 11 heteroatoms. The van der Waals surface area contributed by atoms with Gasteiger partial charge < -0.3 is 10.1 Å². The average molecular weight is 561 g/mol. The zero-order valence-electron chi connectivity index (χ0n) is 24.5. The van der Waals surface area contributed by atoms with Crippen molar-refractivity contribution in [1.82, 2.24) is 19.6 Å². The smallest absolute Gasteiger partial charge is 0.421 e. The van der Waals surface area contributed by atoms with Crippen molar-refractivity contribution in [2.24, 2.45) is 10.9 Å². The number of amidine groups is 1. The predicted molar refractivity (Wildman–Crippen MR) is 159 cm³/mol. The predicted octanol–water partition coefficient (Wildman–Crippen LogP) is 6.19. The third-order valence-corrected chi connectivity index (χ3v) is 6.94. The summed E-state index contributed by atoms with van der Waals surface area (Å²) in [5, 5.41) is 22.1. The number of nitrogens with one attached hydrogen (secondary N) is 2. The zero-order chi connectivity index (χ0) is 29.5. The number of aryl methyl sites for hydroxylation is 1. The fourth-order valence-corrected chi connectivity index (χ4v) is 4.92. The van der Waals surface area contributed by atoms with Crippen LogP contribution < -0.4 is 10.2 Å². The van der Waals surface area contributed by atoms with Crippen molar-refractivity contribution < 1.29 is 13.9 Å². The third kappa shape index (κ3) is 5.94. The van der Waals surface area contributed by atoms with Crippen LogP contribution >= 0.6 is 0 Å². The molecule has 1 fully saturated rings. The van der Waals surface area contributed by atoms with Crippen LogP contribution in [0.3, 0.4) is 0 Å².